The molecular formula is C13H15F2NO3. The number of hydrogen-bond donors (Lipinski definition) is 1. The maximum absolute atomic E-state index is 13.1. The smallest absolute Gasteiger partial charge is 0.323 e. The molecule has 0 amide bonds. The Kier molecular flexibility index (Phi) is 4.11. The Bertz CT molecular complexity index is 461. The molecule has 4 nitrogen and oxygen atoms in total. The Morgan fingerprint density at radius 3 is 2.63 bits per heavy atom. The van der Waals surface area contributed by atoms with Gasteiger partial charge in [0, 0.05) is 25.6 Å². The number of β-amino-alcohol motifs (C(OH)–C–C–N with tert-alkyl or cyclic N) is 1. The summed E-state index contributed by atoms with van der Waals surface area (Å²) in [6.45, 7) is 0.462. The van der Waals surface area contributed by atoms with Gasteiger partial charge in [-0.25, -0.2) is 8.78 Å². The molecule has 0 saturated carbocycles. The molecule has 1 fully saturated rings. The summed E-state index contributed by atoms with van der Waals surface area (Å²) in [5.41, 5.74) is 0.417. The van der Waals surface area contributed by atoms with E-state index in [0.717, 1.165) is 6.07 Å². The molecule has 1 aromatic rings. The second-order valence-electron chi connectivity index (χ2n) is 4.64. The number of benzene rings is 1. The minimum absolute atomic E-state index is 0.186. The highest BCUT2D eigenvalue weighted by Crippen LogP contribution is 2.22. The fourth-order valence-electron chi connectivity index (χ4n) is 2.37. The molecular weight excluding hydrogens is 256 g/mol. The molecule has 19 heavy (non-hydrogen) atoms. The number of aliphatic hydroxyl groups is 1. The summed E-state index contributed by atoms with van der Waals surface area (Å²) in [5.74, 6) is -1.78. The highest BCUT2D eigenvalue weighted by atomic mass is 19.1. The third-order valence-corrected chi connectivity index (χ3v) is 3.16. The summed E-state index contributed by atoms with van der Waals surface area (Å²) in [4.78, 5) is 13.2. The Morgan fingerprint density at radius 1 is 1.42 bits per heavy atom. The average molecular weight is 271 g/mol. The molecule has 1 aliphatic rings. The topological polar surface area (TPSA) is 49.8 Å². The van der Waals surface area contributed by atoms with Crippen LogP contribution >= 0.6 is 0 Å². The Labute approximate surface area is 109 Å². The van der Waals surface area contributed by atoms with E-state index in [0.29, 0.717) is 5.56 Å². The zero-order chi connectivity index (χ0) is 14.0. The minimum atomic E-state index is -0.663. The normalized spacial score (nSPS) is 23.6. The van der Waals surface area contributed by atoms with Gasteiger partial charge in [-0.2, -0.15) is 0 Å². The van der Waals surface area contributed by atoms with Crippen LogP contribution in [0.15, 0.2) is 18.2 Å². The maximum atomic E-state index is 13.1. The lowest BCUT2D eigenvalue weighted by molar-refractivity contribution is -0.146. The van der Waals surface area contributed by atoms with Gasteiger partial charge in [0.25, 0.3) is 0 Å². The molecule has 0 aromatic heterocycles. The number of ether oxygens (including phenoxy) is 1. The van der Waals surface area contributed by atoms with E-state index >= 15 is 0 Å². The summed E-state index contributed by atoms with van der Waals surface area (Å²) in [6.07, 6.45) is -0.368. The largest absolute Gasteiger partial charge is 0.468 e. The number of esters is 1. The van der Waals surface area contributed by atoms with Crippen LogP contribution < -0.4 is 0 Å². The lowest BCUT2D eigenvalue weighted by atomic mass is 10.1. The van der Waals surface area contributed by atoms with Crippen molar-refractivity contribution in [3.05, 3.63) is 35.4 Å². The first-order valence-corrected chi connectivity index (χ1v) is 5.94. The average Bonchev–Trinajstić information content (AvgIpc) is 2.68. The Hall–Kier alpha value is -1.53. The fraction of sp³-hybridized carbons (Fsp3) is 0.462. The van der Waals surface area contributed by atoms with E-state index in [9.17, 15) is 18.7 Å². The number of carbonyl (C=O) groups excluding carboxylic acids is 1. The predicted octanol–water partition coefficient (Wildman–Crippen LogP) is 1.07. The van der Waals surface area contributed by atoms with Crippen molar-refractivity contribution in [3.8, 4) is 0 Å². The number of rotatable bonds is 3. The van der Waals surface area contributed by atoms with Gasteiger partial charge in [0.2, 0.25) is 0 Å². The molecule has 0 bridgehead atoms. The molecule has 1 saturated heterocycles. The highest BCUT2D eigenvalue weighted by Gasteiger charge is 2.36. The van der Waals surface area contributed by atoms with Gasteiger partial charge in [0.15, 0.2) is 0 Å². The first-order valence-electron chi connectivity index (χ1n) is 5.94. The second-order valence-corrected chi connectivity index (χ2v) is 4.64. The standard InChI is InChI=1S/C13H15F2NO3/c1-19-13(18)12-5-11(17)7-16(12)6-8-2-9(14)4-10(15)3-8/h2-4,11-12,17H,5-7H2,1H3. The third-order valence-electron chi connectivity index (χ3n) is 3.16. The number of aliphatic hydroxyl groups excluding tert-OH is 1. The van der Waals surface area contributed by atoms with Crippen molar-refractivity contribution in [3.63, 3.8) is 0 Å². The molecule has 0 spiro atoms. The van der Waals surface area contributed by atoms with Crippen molar-refractivity contribution in [1.29, 1.82) is 0 Å². The van der Waals surface area contributed by atoms with Crippen molar-refractivity contribution < 1.29 is 23.4 Å². The van der Waals surface area contributed by atoms with Crippen molar-refractivity contribution in [2.75, 3.05) is 13.7 Å². The number of likely N-dealkylation sites (tertiary alicyclic amines) is 1. The van der Waals surface area contributed by atoms with Crippen LogP contribution in [0.4, 0.5) is 8.78 Å². The second kappa shape index (κ2) is 5.63. The Balaban J connectivity index is 2.14. The van der Waals surface area contributed by atoms with Crippen molar-refractivity contribution in [1.82, 2.24) is 4.90 Å². The van der Waals surface area contributed by atoms with Crippen LogP contribution in [0.1, 0.15) is 12.0 Å². The van der Waals surface area contributed by atoms with Gasteiger partial charge < -0.3 is 9.84 Å². The molecule has 1 N–H and O–H groups in total. The maximum Gasteiger partial charge on any atom is 0.323 e. The molecule has 2 unspecified atom stereocenters. The fourth-order valence-corrected chi connectivity index (χ4v) is 2.37. The molecule has 104 valence electrons. The van der Waals surface area contributed by atoms with E-state index < -0.39 is 29.7 Å². The summed E-state index contributed by atoms with van der Waals surface area (Å²) in [5, 5.41) is 9.60. The molecule has 1 aromatic carbocycles. The van der Waals surface area contributed by atoms with Crippen LogP contribution in [-0.4, -0.2) is 41.8 Å². The van der Waals surface area contributed by atoms with Gasteiger partial charge in [-0.1, -0.05) is 0 Å². The number of carbonyl (C=O) groups is 1. The van der Waals surface area contributed by atoms with E-state index in [1.807, 2.05) is 0 Å². The van der Waals surface area contributed by atoms with Crippen LogP contribution in [0.5, 0.6) is 0 Å². The molecule has 0 radical (unpaired) electrons. The van der Waals surface area contributed by atoms with Crippen LogP contribution in [-0.2, 0) is 16.1 Å². The van der Waals surface area contributed by atoms with Crippen LogP contribution in [0.3, 0.4) is 0 Å². The third kappa shape index (κ3) is 3.27. The van der Waals surface area contributed by atoms with Gasteiger partial charge >= 0.3 is 5.97 Å². The van der Waals surface area contributed by atoms with Crippen LogP contribution in [0, 0.1) is 11.6 Å². The SMILES string of the molecule is COC(=O)C1CC(O)CN1Cc1cc(F)cc(F)c1. The summed E-state index contributed by atoms with van der Waals surface area (Å²) < 4.78 is 30.9. The zero-order valence-corrected chi connectivity index (χ0v) is 10.5. The van der Waals surface area contributed by atoms with E-state index in [4.69, 9.17) is 0 Å². The highest BCUT2D eigenvalue weighted by molar-refractivity contribution is 5.76. The van der Waals surface area contributed by atoms with Crippen LogP contribution in [0.2, 0.25) is 0 Å². The molecule has 2 rings (SSSR count). The minimum Gasteiger partial charge on any atom is -0.468 e. The first kappa shape index (κ1) is 13.9. The summed E-state index contributed by atoms with van der Waals surface area (Å²) in [6, 6.07) is 2.64. The van der Waals surface area contributed by atoms with Gasteiger partial charge in [-0.05, 0) is 17.7 Å². The van der Waals surface area contributed by atoms with Gasteiger partial charge in [-0.15, -0.1) is 0 Å². The monoisotopic (exact) mass is 271 g/mol. The first-order chi connectivity index (χ1) is 8.99. The number of methoxy groups -OCH3 is 1. The summed E-state index contributed by atoms with van der Waals surface area (Å²) in [7, 11) is 1.27. The number of nitrogens with zero attached hydrogens (tertiary/aromatic N) is 1. The number of halogens is 2. The molecule has 0 aliphatic carbocycles. The van der Waals surface area contributed by atoms with E-state index in [-0.39, 0.29) is 19.5 Å². The predicted molar refractivity (Wildman–Crippen MR) is 63.2 cm³/mol. The Morgan fingerprint density at radius 2 is 2.05 bits per heavy atom. The molecule has 1 heterocycles. The van der Waals surface area contributed by atoms with Crippen molar-refractivity contribution >= 4 is 5.97 Å². The van der Waals surface area contributed by atoms with Crippen molar-refractivity contribution in [2.24, 2.45) is 0 Å². The number of hydrogen-bond acceptors (Lipinski definition) is 4. The van der Waals surface area contributed by atoms with Gasteiger partial charge in [-0.3, -0.25) is 9.69 Å². The van der Waals surface area contributed by atoms with E-state index in [1.165, 1.54) is 19.2 Å². The molecule has 6 heteroatoms. The van der Waals surface area contributed by atoms with Gasteiger partial charge in [0.05, 0.1) is 13.2 Å². The quantitative estimate of drug-likeness (QED) is 0.836. The summed E-state index contributed by atoms with van der Waals surface area (Å²) >= 11 is 0. The lowest BCUT2D eigenvalue weighted by Gasteiger charge is -2.22. The van der Waals surface area contributed by atoms with E-state index in [1.54, 1.807) is 4.90 Å². The van der Waals surface area contributed by atoms with Crippen LogP contribution in [0.25, 0.3) is 0 Å². The lowest BCUT2D eigenvalue weighted by Crippen LogP contribution is -2.36. The van der Waals surface area contributed by atoms with Gasteiger partial charge in [0.1, 0.15) is 17.7 Å². The molecule has 2 atom stereocenters. The van der Waals surface area contributed by atoms with Crippen molar-refractivity contribution in [2.45, 2.75) is 25.1 Å². The van der Waals surface area contributed by atoms with E-state index in [2.05, 4.69) is 4.74 Å². The molecule has 1 aliphatic heterocycles. The zero-order valence-electron chi connectivity index (χ0n) is 10.5.